The molecule has 7 nitrogen and oxygen atoms in total. The van der Waals surface area contributed by atoms with Gasteiger partial charge in [-0.2, -0.15) is 5.10 Å². The summed E-state index contributed by atoms with van der Waals surface area (Å²) in [5.41, 5.74) is 4.13. The summed E-state index contributed by atoms with van der Waals surface area (Å²) in [5.74, 6) is 0.953. The van der Waals surface area contributed by atoms with Crippen LogP contribution >= 0.6 is 0 Å². The van der Waals surface area contributed by atoms with E-state index >= 15 is 0 Å². The topological polar surface area (TPSA) is 74.6 Å². The molecule has 0 aliphatic carbocycles. The van der Waals surface area contributed by atoms with E-state index in [4.69, 9.17) is 4.98 Å². The normalized spacial score (nSPS) is 15.3. The van der Waals surface area contributed by atoms with Crippen LogP contribution in [0.5, 0.6) is 0 Å². The van der Waals surface area contributed by atoms with Crippen molar-refractivity contribution in [1.82, 2.24) is 24.8 Å². The zero-order chi connectivity index (χ0) is 19.5. The molecule has 1 aliphatic rings. The Morgan fingerprint density at radius 1 is 1.18 bits per heavy atom. The van der Waals surface area contributed by atoms with Gasteiger partial charge in [0, 0.05) is 50.4 Å². The molecular weight excluding hydrogens is 352 g/mol. The Kier molecular flexibility index (Phi) is 5.25. The lowest BCUT2D eigenvalue weighted by Gasteiger charge is -2.25. The van der Waals surface area contributed by atoms with E-state index in [1.165, 1.54) is 5.56 Å². The van der Waals surface area contributed by atoms with Gasteiger partial charge in [0.05, 0.1) is 6.20 Å². The van der Waals surface area contributed by atoms with E-state index in [0.29, 0.717) is 19.6 Å². The molecule has 2 N–H and O–H groups in total. The Labute approximate surface area is 164 Å². The van der Waals surface area contributed by atoms with Gasteiger partial charge < -0.3 is 15.5 Å². The van der Waals surface area contributed by atoms with E-state index < -0.39 is 0 Å². The molecule has 0 radical (unpaired) electrons. The van der Waals surface area contributed by atoms with Crippen LogP contribution in [0.15, 0.2) is 42.7 Å². The van der Waals surface area contributed by atoms with Crippen molar-refractivity contribution in [3.63, 3.8) is 0 Å². The predicted octanol–water partition coefficient (Wildman–Crippen LogP) is 2.40. The van der Waals surface area contributed by atoms with Gasteiger partial charge in [-0.05, 0) is 23.3 Å². The van der Waals surface area contributed by atoms with Crippen molar-refractivity contribution in [3.05, 3.63) is 48.3 Å². The third-order valence-corrected chi connectivity index (χ3v) is 4.99. The van der Waals surface area contributed by atoms with E-state index in [9.17, 15) is 4.79 Å². The molecule has 28 heavy (non-hydrogen) atoms. The van der Waals surface area contributed by atoms with Gasteiger partial charge in [-0.3, -0.25) is 4.79 Å². The van der Waals surface area contributed by atoms with Crippen LogP contribution in [-0.2, 0) is 11.3 Å². The minimum absolute atomic E-state index is 0.0115. The smallest absolute Gasteiger partial charge is 0.225 e. The lowest BCUT2D eigenvalue weighted by atomic mass is 10.1. The first kappa shape index (κ1) is 18.4. The van der Waals surface area contributed by atoms with Gasteiger partial charge in [0.15, 0.2) is 5.65 Å². The van der Waals surface area contributed by atoms with Gasteiger partial charge in [-0.25, -0.2) is 9.50 Å². The number of aromatic nitrogens is 3. The molecule has 0 atom stereocenters. The van der Waals surface area contributed by atoms with Gasteiger partial charge in [-0.15, -0.1) is 0 Å². The van der Waals surface area contributed by atoms with Crippen molar-refractivity contribution < 1.29 is 4.79 Å². The van der Waals surface area contributed by atoms with Gasteiger partial charge in [0.25, 0.3) is 0 Å². The van der Waals surface area contributed by atoms with Gasteiger partial charge in [0.2, 0.25) is 5.91 Å². The van der Waals surface area contributed by atoms with Crippen LogP contribution in [0.1, 0.15) is 19.4 Å². The minimum Gasteiger partial charge on any atom is -0.368 e. The number of carbonyl (C=O) groups excluding carboxylic acids is 1. The van der Waals surface area contributed by atoms with Crippen LogP contribution in [0.25, 0.3) is 16.8 Å². The molecule has 3 aromatic rings. The number of rotatable bonds is 1. The summed E-state index contributed by atoms with van der Waals surface area (Å²) in [4.78, 5) is 19.2. The highest BCUT2D eigenvalue weighted by Gasteiger charge is 2.17. The first-order valence-corrected chi connectivity index (χ1v) is 9.79. The Balaban J connectivity index is 1.68. The lowest BCUT2D eigenvalue weighted by Crippen LogP contribution is -2.41. The van der Waals surface area contributed by atoms with Gasteiger partial charge >= 0.3 is 0 Å². The summed E-state index contributed by atoms with van der Waals surface area (Å²) < 4.78 is 1.79. The molecule has 1 aliphatic heterocycles. The van der Waals surface area contributed by atoms with Crippen LogP contribution in [-0.4, -0.2) is 51.6 Å². The predicted molar refractivity (Wildman–Crippen MR) is 110 cm³/mol. The summed E-state index contributed by atoms with van der Waals surface area (Å²) >= 11 is 0. The Bertz CT molecular complexity index is 980. The highest BCUT2D eigenvalue weighted by Crippen LogP contribution is 2.25. The molecule has 0 fully saturated rings. The van der Waals surface area contributed by atoms with Gasteiger partial charge in [-0.1, -0.05) is 32.0 Å². The molecule has 0 saturated heterocycles. The van der Waals surface area contributed by atoms with Crippen molar-refractivity contribution in [1.29, 1.82) is 0 Å². The molecule has 4 rings (SSSR count). The summed E-state index contributed by atoms with van der Waals surface area (Å²) in [6, 6.07) is 10.3. The fourth-order valence-corrected chi connectivity index (χ4v) is 3.48. The molecule has 7 heteroatoms. The molecule has 0 unspecified atom stereocenters. The van der Waals surface area contributed by atoms with E-state index in [1.807, 2.05) is 37.2 Å². The maximum Gasteiger partial charge on any atom is 0.225 e. The third-order valence-electron chi connectivity index (χ3n) is 4.99. The number of nitrogens with zero attached hydrogens (tertiary/aromatic N) is 4. The maximum absolute atomic E-state index is 12.5. The number of amides is 1. The van der Waals surface area contributed by atoms with Crippen LogP contribution < -0.4 is 10.6 Å². The fourth-order valence-electron chi connectivity index (χ4n) is 3.48. The van der Waals surface area contributed by atoms with Crippen molar-refractivity contribution in [2.24, 2.45) is 5.92 Å². The SMILES string of the molecule is CC(C)C(=O)N1CCNCc2cccc(c2)-c2cnn3ccc(nc23)NCC1. The van der Waals surface area contributed by atoms with E-state index in [-0.39, 0.29) is 11.8 Å². The van der Waals surface area contributed by atoms with Gasteiger partial charge in [0.1, 0.15) is 5.82 Å². The largest absolute Gasteiger partial charge is 0.368 e. The van der Waals surface area contributed by atoms with Crippen molar-refractivity contribution in [2.75, 3.05) is 31.5 Å². The highest BCUT2D eigenvalue weighted by molar-refractivity contribution is 5.79. The molecule has 0 spiro atoms. The number of carbonyl (C=O) groups is 1. The molecule has 1 aromatic carbocycles. The number of fused-ring (bicyclic) bond motifs is 4. The van der Waals surface area contributed by atoms with Crippen LogP contribution in [0, 0.1) is 5.92 Å². The zero-order valence-corrected chi connectivity index (χ0v) is 16.4. The Morgan fingerprint density at radius 2 is 2.04 bits per heavy atom. The average Bonchev–Trinajstić information content (AvgIpc) is 3.12. The monoisotopic (exact) mass is 378 g/mol. The summed E-state index contributed by atoms with van der Waals surface area (Å²) in [5, 5.41) is 11.2. The van der Waals surface area contributed by atoms with Crippen LogP contribution in [0.2, 0.25) is 0 Å². The maximum atomic E-state index is 12.5. The second-order valence-corrected chi connectivity index (χ2v) is 7.42. The standard InChI is InChI=1S/C21H26N6O/c1-15(2)21(28)26-10-7-22-13-16-4-3-5-17(12-16)18-14-24-27-9-6-19(23-8-11-26)25-20(18)27/h3-6,9,12,14-15,22H,7-8,10-11,13H2,1-2H3,(H,23,25). The van der Waals surface area contributed by atoms with E-state index in [2.05, 4.69) is 40.0 Å². The Morgan fingerprint density at radius 3 is 2.89 bits per heavy atom. The molecule has 4 bridgehead atoms. The van der Waals surface area contributed by atoms with Crippen molar-refractivity contribution in [3.8, 4) is 11.1 Å². The quantitative estimate of drug-likeness (QED) is 0.680. The van der Waals surface area contributed by atoms with E-state index in [0.717, 1.165) is 35.7 Å². The Hall–Kier alpha value is -2.93. The molecule has 0 saturated carbocycles. The zero-order valence-electron chi connectivity index (χ0n) is 16.4. The minimum atomic E-state index is -0.0115. The number of anilines is 1. The molecule has 3 heterocycles. The molecule has 2 aromatic heterocycles. The number of hydrogen-bond acceptors (Lipinski definition) is 5. The fraction of sp³-hybridized carbons (Fsp3) is 0.381. The lowest BCUT2D eigenvalue weighted by molar-refractivity contribution is -0.134. The summed E-state index contributed by atoms with van der Waals surface area (Å²) in [7, 11) is 0. The van der Waals surface area contributed by atoms with Crippen LogP contribution in [0.3, 0.4) is 0 Å². The second kappa shape index (κ2) is 7.98. The average molecular weight is 378 g/mol. The number of benzene rings is 1. The number of nitrogens with one attached hydrogen (secondary N) is 2. The van der Waals surface area contributed by atoms with Crippen LogP contribution in [0.4, 0.5) is 5.82 Å². The first-order valence-electron chi connectivity index (χ1n) is 9.79. The number of hydrogen-bond donors (Lipinski definition) is 2. The summed E-state index contributed by atoms with van der Waals surface area (Å²) in [6.45, 7) is 7.39. The summed E-state index contributed by atoms with van der Waals surface area (Å²) in [6.07, 6.45) is 3.77. The van der Waals surface area contributed by atoms with Crippen molar-refractivity contribution in [2.45, 2.75) is 20.4 Å². The van der Waals surface area contributed by atoms with Crippen molar-refractivity contribution >= 4 is 17.4 Å². The van der Waals surface area contributed by atoms with E-state index in [1.54, 1.807) is 4.52 Å². The first-order chi connectivity index (χ1) is 13.6. The molecular formula is C21H26N6O. The molecule has 146 valence electrons. The highest BCUT2D eigenvalue weighted by atomic mass is 16.2. The third kappa shape index (κ3) is 3.84. The second-order valence-electron chi connectivity index (χ2n) is 7.42. The molecule has 1 amide bonds.